The maximum atomic E-state index is 12.2. The number of tetrazole rings is 1. The maximum Gasteiger partial charge on any atom is 0.255 e. The summed E-state index contributed by atoms with van der Waals surface area (Å²) in [7, 11) is 0. The number of rotatable bonds is 4. The number of hydrogen-bond acceptors (Lipinski definition) is 5. The standard InChI is InChI=1S/C15H13N5OS/c1-22-15-17-18-19-20(15)13-9-7-11(8-10-13)14(21)16-12-5-3-2-4-6-12/h2-10H,1H3,(H,16,21). The highest BCUT2D eigenvalue weighted by atomic mass is 32.2. The molecule has 0 bridgehead atoms. The number of hydrogen-bond donors (Lipinski definition) is 1. The van der Waals surface area contributed by atoms with E-state index in [9.17, 15) is 4.79 Å². The molecule has 0 radical (unpaired) electrons. The molecule has 1 N–H and O–H groups in total. The van der Waals surface area contributed by atoms with Gasteiger partial charge in [-0.1, -0.05) is 30.0 Å². The second-order valence-electron chi connectivity index (χ2n) is 4.44. The van der Waals surface area contributed by atoms with Gasteiger partial charge in [-0.2, -0.15) is 4.68 Å². The van der Waals surface area contributed by atoms with Gasteiger partial charge in [0.2, 0.25) is 5.16 Å². The van der Waals surface area contributed by atoms with Crippen LogP contribution in [0, 0.1) is 0 Å². The van der Waals surface area contributed by atoms with Gasteiger partial charge in [-0.05, 0) is 53.1 Å². The number of para-hydroxylation sites is 1. The van der Waals surface area contributed by atoms with Crippen LogP contribution in [-0.2, 0) is 0 Å². The number of benzene rings is 2. The fourth-order valence-corrected chi connectivity index (χ4v) is 2.38. The van der Waals surface area contributed by atoms with Crippen LogP contribution in [0.3, 0.4) is 0 Å². The summed E-state index contributed by atoms with van der Waals surface area (Å²) in [4.78, 5) is 12.2. The Morgan fingerprint density at radius 1 is 1.09 bits per heavy atom. The minimum atomic E-state index is -0.153. The van der Waals surface area contributed by atoms with E-state index in [0.29, 0.717) is 10.7 Å². The van der Waals surface area contributed by atoms with Crippen LogP contribution in [0.4, 0.5) is 5.69 Å². The topological polar surface area (TPSA) is 72.7 Å². The van der Waals surface area contributed by atoms with Gasteiger partial charge in [-0.25, -0.2) is 0 Å². The first-order valence-electron chi connectivity index (χ1n) is 6.57. The number of anilines is 1. The van der Waals surface area contributed by atoms with Gasteiger partial charge in [0.05, 0.1) is 5.69 Å². The van der Waals surface area contributed by atoms with E-state index in [4.69, 9.17) is 0 Å². The molecule has 6 nitrogen and oxygen atoms in total. The van der Waals surface area contributed by atoms with Gasteiger partial charge < -0.3 is 5.32 Å². The first kappa shape index (κ1) is 14.3. The highest BCUT2D eigenvalue weighted by Gasteiger charge is 2.09. The van der Waals surface area contributed by atoms with Crippen molar-refractivity contribution < 1.29 is 4.79 Å². The number of carbonyl (C=O) groups excluding carboxylic acids is 1. The zero-order valence-corrected chi connectivity index (χ0v) is 12.6. The van der Waals surface area contributed by atoms with Crippen LogP contribution in [0.25, 0.3) is 5.69 Å². The molecule has 1 aromatic heterocycles. The first-order chi connectivity index (χ1) is 10.8. The van der Waals surface area contributed by atoms with Gasteiger partial charge in [-0.15, -0.1) is 5.10 Å². The summed E-state index contributed by atoms with van der Waals surface area (Å²) in [5, 5.41) is 15.0. The number of aromatic nitrogens is 4. The molecule has 3 rings (SSSR count). The number of thioether (sulfide) groups is 1. The molecule has 7 heteroatoms. The molecule has 0 aliphatic carbocycles. The van der Waals surface area contributed by atoms with E-state index in [2.05, 4.69) is 20.8 Å². The lowest BCUT2D eigenvalue weighted by atomic mass is 10.2. The van der Waals surface area contributed by atoms with Gasteiger partial charge in [0, 0.05) is 11.3 Å². The third-order valence-electron chi connectivity index (χ3n) is 3.03. The molecule has 22 heavy (non-hydrogen) atoms. The number of nitrogens with zero attached hydrogens (tertiary/aromatic N) is 4. The predicted molar refractivity (Wildman–Crippen MR) is 85.3 cm³/mol. The fourth-order valence-electron chi connectivity index (χ4n) is 1.95. The van der Waals surface area contributed by atoms with Crippen molar-refractivity contribution in [1.29, 1.82) is 0 Å². The van der Waals surface area contributed by atoms with Gasteiger partial charge in [0.1, 0.15) is 0 Å². The molecular formula is C15H13N5OS. The second kappa shape index (κ2) is 6.40. The largest absolute Gasteiger partial charge is 0.322 e. The van der Waals surface area contributed by atoms with Crippen molar-refractivity contribution in [1.82, 2.24) is 20.2 Å². The van der Waals surface area contributed by atoms with Crippen LogP contribution in [0.15, 0.2) is 59.8 Å². The third-order valence-corrected chi connectivity index (χ3v) is 3.65. The molecular weight excluding hydrogens is 298 g/mol. The van der Waals surface area contributed by atoms with E-state index in [-0.39, 0.29) is 5.91 Å². The first-order valence-corrected chi connectivity index (χ1v) is 7.79. The second-order valence-corrected chi connectivity index (χ2v) is 5.22. The van der Waals surface area contributed by atoms with Gasteiger partial charge in [0.15, 0.2) is 0 Å². The smallest absolute Gasteiger partial charge is 0.255 e. The molecule has 110 valence electrons. The van der Waals surface area contributed by atoms with Crippen LogP contribution < -0.4 is 5.32 Å². The zero-order valence-electron chi connectivity index (χ0n) is 11.8. The van der Waals surface area contributed by atoms with Crippen LogP contribution in [0.5, 0.6) is 0 Å². The van der Waals surface area contributed by atoms with Crippen LogP contribution in [-0.4, -0.2) is 32.4 Å². The minimum Gasteiger partial charge on any atom is -0.322 e. The Bertz CT molecular complexity index is 770. The molecule has 0 aliphatic rings. The molecule has 0 spiro atoms. The molecule has 0 unspecified atom stereocenters. The number of carbonyl (C=O) groups is 1. The van der Waals surface area contributed by atoms with Crippen LogP contribution in [0.2, 0.25) is 0 Å². The summed E-state index contributed by atoms with van der Waals surface area (Å²) in [5.41, 5.74) is 2.15. The molecule has 2 aromatic carbocycles. The van der Waals surface area contributed by atoms with Crippen molar-refractivity contribution in [3.05, 3.63) is 60.2 Å². The lowest BCUT2D eigenvalue weighted by Crippen LogP contribution is -2.11. The fraction of sp³-hybridized carbons (Fsp3) is 0.0667. The van der Waals surface area contributed by atoms with E-state index in [1.165, 1.54) is 11.8 Å². The van der Waals surface area contributed by atoms with E-state index in [0.717, 1.165) is 11.4 Å². The average molecular weight is 311 g/mol. The van der Waals surface area contributed by atoms with Gasteiger partial charge in [0.25, 0.3) is 5.91 Å². The van der Waals surface area contributed by atoms with Crippen molar-refractivity contribution in [3.8, 4) is 5.69 Å². The van der Waals surface area contributed by atoms with Crippen molar-refractivity contribution in [2.24, 2.45) is 0 Å². The van der Waals surface area contributed by atoms with Gasteiger partial charge >= 0.3 is 0 Å². The summed E-state index contributed by atoms with van der Waals surface area (Å²) < 4.78 is 1.63. The lowest BCUT2D eigenvalue weighted by molar-refractivity contribution is 0.102. The summed E-state index contributed by atoms with van der Waals surface area (Å²) in [6.07, 6.45) is 1.91. The summed E-state index contributed by atoms with van der Waals surface area (Å²) >= 11 is 1.46. The maximum absolute atomic E-state index is 12.2. The summed E-state index contributed by atoms with van der Waals surface area (Å²) in [5.74, 6) is -0.153. The highest BCUT2D eigenvalue weighted by Crippen LogP contribution is 2.16. The molecule has 0 saturated carbocycles. The average Bonchev–Trinajstić information content (AvgIpc) is 3.04. The van der Waals surface area contributed by atoms with Crippen molar-refractivity contribution >= 4 is 23.4 Å². The SMILES string of the molecule is CSc1nnnn1-c1ccc(C(=O)Nc2ccccc2)cc1. The molecule has 3 aromatic rings. The summed E-state index contributed by atoms with van der Waals surface area (Å²) in [6, 6.07) is 16.5. The number of amides is 1. The summed E-state index contributed by atoms with van der Waals surface area (Å²) in [6.45, 7) is 0. The highest BCUT2D eigenvalue weighted by molar-refractivity contribution is 7.98. The Morgan fingerprint density at radius 3 is 2.50 bits per heavy atom. The quantitative estimate of drug-likeness (QED) is 0.750. The van der Waals surface area contributed by atoms with Crippen molar-refractivity contribution in [2.75, 3.05) is 11.6 Å². The normalized spacial score (nSPS) is 10.4. The zero-order chi connectivity index (χ0) is 15.4. The predicted octanol–water partition coefficient (Wildman–Crippen LogP) is 2.64. The molecule has 0 atom stereocenters. The number of nitrogens with one attached hydrogen (secondary N) is 1. The van der Waals surface area contributed by atoms with E-state index >= 15 is 0 Å². The Kier molecular flexibility index (Phi) is 4.15. The molecule has 0 fully saturated rings. The Labute approximate surface area is 131 Å². The molecule has 0 saturated heterocycles. The Hall–Kier alpha value is -2.67. The van der Waals surface area contributed by atoms with E-state index in [1.54, 1.807) is 16.8 Å². The van der Waals surface area contributed by atoms with E-state index in [1.807, 2.05) is 48.7 Å². The van der Waals surface area contributed by atoms with Crippen molar-refractivity contribution in [2.45, 2.75) is 5.16 Å². The lowest BCUT2D eigenvalue weighted by Gasteiger charge is -2.06. The van der Waals surface area contributed by atoms with Crippen LogP contribution >= 0.6 is 11.8 Å². The van der Waals surface area contributed by atoms with E-state index < -0.39 is 0 Å². The molecule has 1 heterocycles. The molecule has 0 aliphatic heterocycles. The van der Waals surface area contributed by atoms with Crippen molar-refractivity contribution in [3.63, 3.8) is 0 Å². The Balaban J connectivity index is 1.78. The third kappa shape index (κ3) is 2.99. The molecule has 1 amide bonds. The monoisotopic (exact) mass is 311 g/mol. The van der Waals surface area contributed by atoms with Gasteiger partial charge in [-0.3, -0.25) is 4.79 Å². The van der Waals surface area contributed by atoms with Crippen LogP contribution in [0.1, 0.15) is 10.4 Å². The minimum absolute atomic E-state index is 0.153. The Morgan fingerprint density at radius 2 is 1.82 bits per heavy atom.